The van der Waals surface area contributed by atoms with Gasteiger partial charge in [-0.15, -0.1) is 11.3 Å². The highest BCUT2D eigenvalue weighted by molar-refractivity contribution is 7.89. The van der Waals surface area contributed by atoms with Crippen LogP contribution in [0.2, 0.25) is 0 Å². The van der Waals surface area contributed by atoms with Crippen LogP contribution in [-0.2, 0) is 26.1 Å². The molecule has 0 amide bonds. The minimum atomic E-state index is -3.75. The van der Waals surface area contributed by atoms with E-state index in [1.165, 1.54) is 10.4 Å². The monoisotopic (exact) mass is 397 g/mol. The Balaban J connectivity index is 1.73. The number of ether oxygens (including phenoxy) is 3. The molecule has 9 heteroatoms. The van der Waals surface area contributed by atoms with Crippen molar-refractivity contribution < 1.29 is 27.4 Å². The van der Waals surface area contributed by atoms with Crippen LogP contribution in [0.1, 0.15) is 15.2 Å². The van der Waals surface area contributed by atoms with Crippen LogP contribution in [0.5, 0.6) is 5.75 Å². The second-order valence-corrected chi connectivity index (χ2v) is 8.38. The molecular formula is C17H19NO6S2. The smallest absolute Gasteiger partial charge is 0.350 e. The van der Waals surface area contributed by atoms with Gasteiger partial charge in [0.25, 0.3) is 0 Å². The molecule has 1 aromatic heterocycles. The summed E-state index contributed by atoms with van der Waals surface area (Å²) in [6.45, 7) is 1.27. The van der Waals surface area contributed by atoms with Gasteiger partial charge in [0.1, 0.15) is 22.1 Å². The van der Waals surface area contributed by atoms with E-state index in [0.29, 0.717) is 19.0 Å². The number of hydrogen-bond acceptors (Lipinski definition) is 7. The second-order valence-electron chi connectivity index (χ2n) is 5.56. The van der Waals surface area contributed by atoms with Crippen molar-refractivity contribution in [1.29, 1.82) is 0 Å². The third-order valence-corrected chi connectivity index (χ3v) is 6.87. The molecule has 0 N–H and O–H groups in total. The number of rotatable bonds is 6. The minimum Gasteiger partial charge on any atom is -0.497 e. The molecule has 0 atom stereocenters. The molecule has 0 radical (unpaired) electrons. The zero-order chi connectivity index (χ0) is 18.6. The van der Waals surface area contributed by atoms with Crippen LogP contribution < -0.4 is 4.74 Å². The lowest BCUT2D eigenvalue weighted by Crippen LogP contribution is -2.40. The zero-order valence-electron chi connectivity index (χ0n) is 14.2. The Kier molecular flexibility index (Phi) is 5.92. The Hall–Kier alpha value is -1.94. The van der Waals surface area contributed by atoms with Gasteiger partial charge in [0.2, 0.25) is 10.0 Å². The van der Waals surface area contributed by atoms with Gasteiger partial charge in [-0.05, 0) is 29.1 Å². The number of morpholine rings is 1. The number of benzene rings is 1. The number of carbonyl (C=O) groups is 1. The molecule has 0 saturated carbocycles. The van der Waals surface area contributed by atoms with Crippen molar-refractivity contribution in [1.82, 2.24) is 4.31 Å². The fraction of sp³-hybridized carbons (Fsp3) is 0.353. The number of sulfonamides is 1. The summed E-state index contributed by atoms with van der Waals surface area (Å²) in [6.07, 6.45) is 0. The van der Waals surface area contributed by atoms with Crippen LogP contribution >= 0.6 is 11.3 Å². The van der Waals surface area contributed by atoms with E-state index in [1.807, 2.05) is 0 Å². The highest BCUT2D eigenvalue weighted by Crippen LogP contribution is 2.27. The standard InChI is InChI=1S/C17H19NO6S2/c1-22-14-4-2-3-13(11-14)12-24-17(19)16-15(5-10-25-16)26(20,21)18-6-8-23-9-7-18/h2-5,10-11H,6-9,12H2,1H3. The van der Waals surface area contributed by atoms with Gasteiger partial charge in [-0.3, -0.25) is 0 Å². The van der Waals surface area contributed by atoms with Crippen LogP contribution in [-0.4, -0.2) is 52.1 Å². The van der Waals surface area contributed by atoms with Crippen LogP contribution in [0.15, 0.2) is 40.6 Å². The number of carbonyl (C=O) groups excluding carboxylic acids is 1. The van der Waals surface area contributed by atoms with Crippen molar-refractivity contribution in [3.05, 3.63) is 46.2 Å². The molecule has 0 unspecified atom stereocenters. The van der Waals surface area contributed by atoms with Gasteiger partial charge in [0.05, 0.1) is 20.3 Å². The van der Waals surface area contributed by atoms with E-state index in [-0.39, 0.29) is 29.5 Å². The number of methoxy groups -OCH3 is 1. The van der Waals surface area contributed by atoms with Crippen molar-refractivity contribution in [2.24, 2.45) is 0 Å². The maximum Gasteiger partial charge on any atom is 0.350 e. The summed E-state index contributed by atoms with van der Waals surface area (Å²) in [5, 5.41) is 1.58. The molecule has 1 saturated heterocycles. The first-order valence-corrected chi connectivity index (χ1v) is 10.3. The normalized spacial score (nSPS) is 15.6. The molecule has 0 bridgehead atoms. The van der Waals surface area contributed by atoms with Gasteiger partial charge in [-0.1, -0.05) is 12.1 Å². The summed E-state index contributed by atoms with van der Waals surface area (Å²) in [4.78, 5) is 12.5. The van der Waals surface area contributed by atoms with Gasteiger partial charge >= 0.3 is 5.97 Å². The Morgan fingerprint density at radius 1 is 1.27 bits per heavy atom. The van der Waals surface area contributed by atoms with Crippen molar-refractivity contribution in [2.45, 2.75) is 11.5 Å². The number of thiophene rings is 1. The van der Waals surface area contributed by atoms with Gasteiger partial charge in [0, 0.05) is 13.1 Å². The summed E-state index contributed by atoms with van der Waals surface area (Å²) in [7, 11) is -2.19. The van der Waals surface area contributed by atoms with E-state index in [0.717, 1.165) is 16.9 Å². The molecule has 1 aromatic carbocycles. The lowest BCUT2D eigenvalue weighted by Gasteiger charge is -2.25. The van der Waals surface area contributed by atoms with Crippen molar-refractivity contribution in [3.8, 4) is 5.75 Å². The Bertz CT molecular complexity index is 871. The molecule has 1 aliphatic heterocycles. The van der Waals surface area contributed by atoms with E-state index in [1.54, 1.807) is 36.8 Å². The first-order chi connectivity index (χ1) is 12.5. The van der Waals surface area contributed by atoms with Gasteiger partial charge in [0.15, 0.2) is 0 Å². The summed E-state index contributed by atoms with van der Waals surface area (Å²) < 4.78 is 42.5. The summed E-state index contributed by atoms with van der Waals surface area (Å²) in [5.41, 5.74) is 0.756. The Morgan fingerprint density at radius 2 is 2.04 bits per heavy atom. The lowest BCUT2D eigenvalue weighted by atomic mass is 10.2. The van der Waals surface area contributed by atoms with E-state index >= 15 is 0 Å². The fourth-order valence-electron chi connectivity index (χ4n) is 2.55. The average Bonchev–Trinajstić information content (AvgIpc) is 3.18. The maximum absolute atomic E-state index is 12.8. The molecule has 1 aliphatic rings. The maximum atomic E-state index is 12.8. The largest absolute Gasteiger partial charge is 0.497 e. The number of hydrogen-bond donors (Lipinski definition) is 0. The summed E-state index contributed by atoms with van der Waals surface area (Å²) in [6, 6.07) is 8.58. The topological polar surface area (TPSA) is 82.1 Å². The third kappa shape index (κ3) is 4.07. The highest BCUT2D eigenvalue weighted by atomic mass is 32.2. The van der Waals surface area contributed by atoms with Crippen LogP contribution in [0.4, 0.5) is 0 Å². The van der Waals surface area contributed by atoms with Gasteiger partial charge in [-0.25, -0.2) is 13.2 Å². The average molecular weight is 397 g/mol. The van der Waals surface area contributed by atoms with Gasteiger partial charge in [-0.2, -0.15) is 4.31 Å². The molecule has 0 spiro atoms. The molecule has 7 nitrogen and oxygen atoms in total. The highest BCUT2D eigenvalue weighted by Gasteiger charge is 2.31. The Morgan fingerprint density at radius 3 is 2.77 bits per heavy atom. The molecule has 0 aliphatic carbocycles. The molecule has 3 rings (SSSR count). The van der Waals surface area contributed by atoms with E-state index in [9.17, 15) is 13.2 Å². The van der Waals surface area contributed by atoms with Crippen LogP contribution in [0.25, 0.3) is 0 Å². The summed E-state index contributed by atoms with van der Waals surface area (Å²) >= 11 is 1.06. The van der Waals surface area contributed by atoms with Gasteiger partial charge < -0.3 is 14.2 Å². The number of nitrogens with zero attached hydrogens (tertiary/aromatic N) is 1. The van der Waals surface area contributed by atoms with E-state index in [4.69, 9.17) is 14.2 Å². The Labute approximate surface area is 156 Å². The molecule has 2 aromatic rings. The first-order valence-electron chi connectivity index (χ1n) is 7.98. The molecule has 140 valence electrons. The quantitative estimate of drug-likeness (QED) is 0.695. The predicted molar refractivity (Wildman–Crippen MR) is 96.0 cm³/mol. The summed E-state index contributed by atoms with van der Waals surface area (Å²) in [5.74, 6) is -0.0000823. The molecule has 1 fully saturated rings. The van der Waals surface area contributed by atoms with Crippen LogP contribution in [0.3, 0.4) is 0 Å². The van der Waals surface area contributed by atoms with E-state index in [2.05, 4.69) is 0 Å². The van der Waals surface area contributed by atoms with Crippen molar-refractivity contribution in [2.75, 3.05) is 33.4 Å². The lowest BCUT2D eigenvalue weighted by molar-refractivity contribution is 0.0473. The second kappa shape index (κ2) is 8.17. The molecular weight excluding hydrogens is 378 g/mol. The molecule has 26 heavy (non-hydrogen) atoms. The first kappa shape index (κ1) is 18.8. The SMILES string of the molecule is COc1cccc(COC(=O)c2sccc2S(=O)(=O)N2CCOCC2)c1. The van der Waals surface area contributed by atoms with E-state index < -0.39 is 16.0 Å². The zero-order valence-corrected chi connectivity index (χ0v) is 15.8. The fourth-order valence-corrected chi connectivity index (χ4v) is 5.24. The molecule has 2 heterocycles. The third-order valence-electron chi connectivity index (χ3n) is 3.91. The van der Waals surface area contributed by atoms with Crippen molar-refractivity contribution >= 4 is 27.3 Å². The number of esters is 1. The minimum absolute atomic E-state index is 0.0138. The van der Waals surface area contributed by atoms with Crippen LogP contribution in [0, 0.1) is 0 Å². The predicted octanol–water partition coefficient (Wildman–Crippen LogP) is 2.13. The van der Waals surface area contributed by atoms with Crippen molar-refractivity contribution in [3.63, 3.8) is 0 Å².